The standard InChI is InChI=1S/C33H37BrN3O4P/c1-4-22-41-33(40)37-24-25(23-29(37)31(38)35(2)3)36-21-20-30(32(36)39)42(34,26-14-8-5-9-15-26,27-16-10-6-11-17-27)28-18-12-7-13-19-28/h4-19,25,29-30H,1,20-24H2,2-3H3/t25-,29-,30-/m0/s1. The Morgan fingerprint density at radius 1 is 0.952 bits per heavy atom. The van der Waals surface area contributed by atoms with Gasteiger partial charge in [-0.3, -0.25) is 0 Å². The Balaban J connectivity index is 1.59. The van der Waals surface area contributed by atoms with E-state index in [2.05, 4.69) is 58.5 Å². The number of nitrogens with zero attached hydrogens (tertiary/aromatic N) is 3. The second-order valence-electron chi connectivity index (χ2n) is 11.1. The Bertz CT molecular complexity index is 1350. The van der Waals surface area contributed by atoms with Gasteiger partial charge in [-0.1, -0.05) is 0 Å². The van der Waals surface area contributed by atoms with Crippen molar-refractivity contribution in [2.24, 2.45) is 0 Å². The van der Waals surface area contributed by atoms with Crippen LogP contribution in [-0.2, 0) is 14.3 Å². The van der Waals surface area contributed by atoms with Crippen molar-refractivity contribution >= 4 is 54.6 Å². The first kappa shape index (κ1) is 30.0. The van der Waals surface area contributed by atoms with E-state index in [9.17, 15) is 14.4 Å². The fraction of sp³-hybridized carbons (Fsp3) is 0.303. The number of hydrogen-bond acceptors (Lipinski definition) is 4. The van der Waals surface area contributed by atoms with Crippen molar-refractivity contribution in [3.8, 4) is 0 Å². The monoisotopic (exact) mass is 649 g/mol. The maximum atomic E-state index is 14.8. The molecule has 2 aliphatic rings. The molecule has 0 aliphatic carbocycles. The molecule has 2 saturated heterocycles. The summed E-state index contributed by atoms with van der Waals surface area (Å²) < 4.78 is 5.33. The minimum absolute atomic E-state index is 0.0310. The Hall–Kier alpha value is -3.48. The third-order valence-electron chi connectivity index (χ3n) is 8.58. The van der Waals surface area contributed by atoms with Gasteiger partial charge >= 0.3 is 256 Å². The van der Waals surface area contributed by atoms with Gasteiger partial charge in [-0.25, -0.2) is 0 Å². The third-order valence-corrected chi connectivity index (χ3v) is 19.3. The zero-order chi connectivity index (χ0) is 29.9. The van der Waals surface area contributed by atoms with Crippen LogP contribution in [0.2, 0.25) is 0 Å². The number of amides is 3. The van der Waals surface area contributed by atoms with Crippen LogP contribution in [0.5, 0.6) is 0 Å². The van der Waals surface area contributed by atoms with Crippen LogP contribution in [0.4, 0.5) is 4.79 Å². The normalized spacial score (nSPS) is 21.5. The molecule has 2 aliphatic heterocycles. The molecule has 3 aromatic carbocycles. The third kappa shape index (κ3) is 4.84. The van der Waals surface area contributed by atoms with Crippen LogP contribution in [-0.4, -0.2) is 84.1 Å². The summed E-state index contributed by atoms with van der Waals surface area (Å²) in [4.78, 5) is 45.8. The number of ether oxygens (including phenoxy) is 1. The van der Waals surface area contributed by atoms with Crippen molar-refractivity contribution in [1.82, 2.24) is 14.7 Å². The fourth-order valence-corrected chi connectivity index (χ4v) is 15.3. The van der Waals surface area contributed by atoms with E-state index in [0.717, 1.165) is 15.9 Å². The first-order chi connectivity index (χ1) is 20.2. The zero-order valence-corrected chi connectivity index (χ0v) is 26.5. The van der Waals surface area contributed by atoms with Gasteiger partial charge in [-0.2, -0.15) is 0 Å². The van der Waals surface area contributed by atoms with E-state index in [1.165, 1.54) is 15.9 Å². The van der Waals surface area contributed by atoms with Gasteiger partial charge in [0.15, 0.2) is 0 Å². The molecule has 2 fully saturated rings. The predicted octanol–water partition coefficient (Wildman–Crippen LogP) is 4.28. The fourth-order valence-electron chi connectivity index (χ4n) is 6.63. The summed E-state index contributed by atoms with van der Waals surface area (Å²) in [5.41, 5.74) is -0.382. The number of carbonyl (C=O) groups is 3. The molecule has 3 atom stereocenters. The van der Waals surface area contributed by atoms with Crippen molar-refractivity contribution in [3.05, 3.63) is 104 Å². The average molecular weight is 651 g/mol. The van der Waals surface area contributed by atoms with Crippen LogP contribution >= 0.6 is 20.8 Å². The molecule has 5 rings (SSSR count). The van der Waals surface area contributed by atoms with Gasteiger partial charge in [0.25, 0.3) is 0 Å². The summed E-state index contributed by atoms with van der Waals surface area (Å²) >= 11 is 4.47. The van der Waals surface area contributed by atoms with E-state index in [1.54, 1.807) is 14.1 Å². The van der Waals surface area contributed by atoms with Crippen molar-refractivity contribution in [2.75, 3.05) is 33.8 Å². The van der Waals surface area contributed by atoms with E-state index in [1.807, 2.05) is 59.5 Å². The Labute approximate surface area is 255 Å². The summed E-state index contributed by atoms with van der Waals surface area (Å²) in [6.07, 6.45) is 1.92. The number of benzene rings is 3. The summed E-state index contributed by atoms with van der Waals surface area (Å²) in [5, 5.41) is -0.303. The molecule has 220 valence electrons. The van der Waals surface area contributed by atoms with Gasteiger partial charge in [0.1, 0.15) is 0 Å². The molecule has 7 nitrogen and oxygen atoms in total. The minimum atomic E-state index is -3.56. The van der Waals surface area contributed by atoms with Gasteiger partial charge in [-0.05, 0) is 0 Å². The summed E-state index contributed by atoms with van der Waals surface area (Å²) in [7, 11) is 3.35. The van der Waals surface area contributed by atoms with Gasteiger partial charge in [0.2, 0.25) is 0 Å². The zero-order valence-electron chi connectivity index (χ0n) is 24.0. The van der Waals surface area contributed by atoms with Gasteiger partial charge in [-0.15, -0.1) is 0 Å². The molecule has 0 spiro atoms. The summed E-state index contributed by atoms with van der Waals surface area (Å²) in [6, 6.07) is 29.9. The predicted molar refractivity (Wildman–Crippen MR) is 173 cm³/mol. The van der Waals surface area contributed by atoms with E-state index in [4.69, 9.17) is 4.74 Å². The Morgan fingerprint density at radius 3 is 1.90 bits per heavy atom. The number of halogens is 1. The molecule has 9 heteroatoms. The molecule has 3 amide bonds. The SMILES string of the molecule is C=CCOC(=O)N1C[C@@H](N2CC[C@H](P(Br)(c3ccccc3)(c3ccccc3)c3ccccc3)C2=O)C[C@H]1C(=O)N(C)C. The molecular formula is C33H37BrN3O4P. The topological polar surface area (TPSA) is 70.2 Å². The molecule has 0 unspecified atom stereocenters. The van der Waals surface area contributed by atoms with Crippen molar-refractivity contribution < 1.29 is 19.1 Å². The van der Waals surface area contributed by atoms with Crippen molar-refractivity contribution in [1.29, 1.82) is 0 Å². The quantitative estimate of drug-likeness (QED) is 0.270. The molecular weight excluding hydrogens is 613 g/mol. The van der Waals surface area contributed by atoms with Crippen LogP contribution in [0, 0.1) is 0 Å². The number of likely N-dealkylation sites (N-methyl/N-ethyl adjacent to an activating group) is 1. The van der Waals surface area contributed by atoms with Gasteiger partial charge in [0, 0.05) is 0 Å². The first-order valence-electron chi connectivity index (χ1n) is 14.2. The number of rotatable bonds is 8. The van der Waals surface area contributed by atoms with Crippen LogP contribution < -0.4 is 15.9 Å². The van der Waals surface area contributed by atoms with E-state index in [-0.39, 0.29) is 36.7 Å². The molecule has 3 aromatic rings. The number of carbonyl (C=O) groups excluding carboxylic acids is 3. The van der Waals surface area contributed by atoms with E-state index < -0.39 is 17.4 Å². The maximum absolute atomic E-state index is 14.8. The van der Waals surface area contributed by atoms with Crippen molar-refractivity contribution in [2.45, 2.75) is 30.6 Å². The molecule has 0 bridgehead atoms. The number of likely N-dealkylation sites (tertiary alicyclic amines) is 2. The Kier molecular flexibility index (Phi) is 8.58. The first-order valence-corrected chi connectivity index (χ1v) is 18.5. The molecule has 0 radical (unpaired) electrons. The molecule has 2 heterocycles. The summed E-state index contributed by atoms with van der Waals surface area (Å²) in [6.45, 7) is 4.44. The Morgan fingerprint density at radius 2 is 1.45 bits per heavy atom. The van der Waals surface area contributed by atoms with Gasteiger partial charge in [0.05, 0.1) is 0 Å². The van der Waals surface area contributed by atoms with E-state index in [0.29, 0.717) is 19.4 Å². The van der Waals surface area contributed by atoms with Crippen molar-refractivity contribution in [3.63, 3.8) is 0 Å². The van der Waals surface area contributed by atoms with Crippen LogP contribution in [0.25, 0.3) is 0 Å². The second-order valence-corrected chi connectivity index (χ2v) is 19.8. The molecule has 0 aromatic heterocycles. The van der Waals surface area contributed by atoms with E-state index >= 15 is 0 Å². The van der Waals surface area contributed by atoms with Crippen LogP contribution in [0.1, 0.15) is 12.8 Å². The summed E-state index contributed by atoms with van der Waals surface area (Å²) in [5.74, 6) is -0.155. The average Bonchev–Trinajstić information content (AvgIpc) is 3.64. The molecule has 42 heavy (non-hydrogen) atoms. The molecule has 0 N–H and O–H groups in total. The van der Waals surface area contributed by atoms with Crippen LogP contribution in [0.3, 0.4) is 0 Å². The van der Waals surface area contributed by atoms with Gasteiger partial charge < -0.3 is 0 Å². The number of hydrogen-bond donors (Lipinski definition) is 0. The molecule has 0 saturated carbocycles. The second kappa shape index (κ2) is 12.0. The van der Waals surface area contributed by atoms with Crippen LogP contribution in [0.15, 0.2) is 104 Å².